The molecule has 0 radical (unpaired) electrons. The Labute approximate surface area is 136 Å². The summed E-state index contributed by atoms with van der Waals surface area (Å²) in [7, 11) is 0. The number of hydrogen-bond acceptors (Lipinski definition) is 3. The van der Waals surface area contributed by atoms with Gasteiger partial charge in [0.05, 0.1) is 5.92 Å². The number of thiocarbonyl (C=S) groups is 1. The van der Waals surface area contributed by atoms with Gasteiger partial charge in [0.15, 0.2) is 0 Å². The van der Waals surface area contributed by atoms with Gasteiger partial charge in [-0.25, -0.2) is 0 Å². The molecule has 1 aromatic carbocycles. The van der Waals surface area contributed by atoms with E-state index in [0.717, 1.165) is 36.3 Å². The maximum atomic E-state index is 12.1. The van der Waals surface area contributed by atoms with Crippen molar-refractivity contribution in [1.29, 1.82) is 0 Å². The molecule has 0 aliphatic carbocycles. The van der Waals surface area contributed by atoms with E-state index in [1.165, 1.54) is 5.56 Å². The quantitative estimate of drug-likeness (QED) is 0.593. The minimum atomic E-state index is 0.132. The number of amides is 1. The smallest absolute Gasteiger partial charge is 0.228 e. The Balaban J connectivity index is 1.74. The highest BCUT2D eigenvalue weighted by Gasteiger charge is 2.36. The molecule has 114 valence electrons. The number of rotatable bonds is 6. The van der Waals surface area contributed by atoms with Crippen molar-refractivity contribution < 1.29 is 4.79 Å². The molecular formula is C16H22N2OS2. The molecule has 1 unspecified atom stereocenters. The highest BCUT2D eigenvalue weighted by atomic mass is 32.2. The second kappa shape index (κ2) is 7.80. The largest absolute Gasteiger partial charge is 0.358 e. The van der Waals surface area contributed by atoms with Crippen LogP contribution in [0.4, 0.5) is 0 Å². The van der Waals surface area contributed by atoms with E-state index in [1.54, 1.807) is 11.8 Å². The molecule has 5 heteroatoms. The van der Waals surface area contributed by atoms with Gasteiger partial charge in [0.25, 0.3) is 0 Å². The van der Waals surface area contributed by atoms with E-state index in [0.29, 0.717) is 0 Å². The van der Waals surface area contributed by atoms with Crippen LogP contribution in [0.2, 0.25) is 0 Å². The second-order valence-electron chi connectivity index (χ2n) is 5.15. The lowest BCUT2D eigenvalue weighted by atomic mass is 10.00. The van der Waals surface area contributed by atoms with Crippen LogP contribution >= 0.6 is 24.0 Å². The average molecular weight is 322 g/mol. The van der Waals surface area contributed by atoms with Crippen molar-refractivity contribution in [2.24, 2.45) is 5.92 Å². The lowest BCUT2D eigenvalue weighted by Gasteiger charge is -2.38. The van der Waals surface area contributed by atoms with Gasteiger partial charge in [-0.3, -0.25) is 4.79 Å². The van der Waals surface area contributed by atoms with E-state index in [2.05, 4.69) is 30.9 Å². The van der Waals surface area contributed by atoms with E-state index >= 15 is 0 Å². The summed E-state index contributed by atoms with van der Waals surface area (Å²) in [6, 6.07) is 10.1. The zero-order chi connectivity index (χ0) is 15.2. The maximum Gasteiger partial charge on any atom is 0.228 e. The van der Waals surface area contributed by atoms with Gasteiger partial charge in [-0.1, -0.05) is 54.3 Å². The average Bonchev–Trinajstić information content (AvgIpc) is 2.52. The van der Waals surface area contributed by atoms with Crippen molar-refractivity contribution in [1.82, 2.24) is 9.80 Å². The van der Waals surface area contributed by atoms with Crippen molar-refractivity contribution in [2.75, 3.05) is 25.4 Å². The fourth-order valence-corrected chi connectivity index (χ4v) is 3.89. The first kappa shape index (κ1) is 16.3. The Kier molecular flexibility index (Phi) is 6.06. The highest BCUT2D eigenvalue weighted by molar-refractivity contribution is 8.22. The van der Waals surface area contributed by atoms with Crippen LogP contribution in [-0.2, 0) is 11.3 Å². The van der Waals surface area contributed by atoms with Gasteiger partial charge in [-0.2, -0.15) is 0 Å². The Hall–Kier alpha value is -1.07. The van der Waals surface area contributed by atoms with Crippen LogP contribution in [0, 0.1) is 5.92 Å². The lowest BCUT2D eigenvalue weighted by molar-refractivity contribution is -0.147. The molecule has 0 bridgehead atoms. The number of nitrogens with zero attached hydrogens (tertiary/aromatic N) is 2. The molecule has 1 amide bonds. The first-order valence-electron chi connectivity index (χ1n) is 7.40. The van der Waals surface area contributed by atoms with Crippen molar-refractivity contribution in [3.8, 4) is 0 Å². The van der Waals surface area contributed by atoms with Gasteiger partial charge in [0, 0.05) is 31.9 Å². The summed E-state index contributed by atoms with van der Waals surface area (Å²) in [5.74, 6) is 1.19. The third kappa shape index (κ3) is 4.20. The Morgan fingerprint density at radius 3 is 2.57 bits per heavy atom. The minimum absolute atomic E-state index is 0.132. The van der Waals surface area contributed by atoms with Crippen LogP contribution in [0.1, 0.15) is 19.4 Å². The van der Waals surface area contributed by atoms with Gasteiger partial charge >= 0.3 is 0 Å². The van der Waals surface area contributed by atoms with E-state index in [4.69, 9.17) is 12.2 Å². The van der Waals surface area contributed by atoms with Crippen molar-refractivity contribution >= 4 is 34.2 Å². The fraction of sp³-hybridized carbons (Fsp3) is 0.500. The van der Waals surface area contributed by atoms with Crippen LogP contribution < -0.4 is 0 Å². The molecule has 3 nitrogen and oxygen atoms in total. The summed E-state index contributed by atoms with van der Waals surface area (Å²) < 4.78 is 0.911. The monoisotopic (exact) mass is 322 g/mol. The predicted molar refractivity (Wildman–Crippen MR) is 93.3 cm³/mol. The molecule has 1 heterocycles. The molecule has 1 fully saturated rings. The van der Waals surface area contributed by atoms with Crippen LogP contribution in [-0.4, -0.2) is 45.4 Å². The number of thioether (sulfide) groups is 1. The zero-order valence-corrected chi connectivity index (χ0v) is 14.3. The second-order valence-corrected chi connectivity index (χ2v) is 6.80. The van der Waals surface area contributed by atoms with E-state index in [9.17, 15) is 4.79 Å². The van der Waals surface area contributed by atoms with Crippen LogP contribution in [0.5, 0.6) is 0 Å². The molecule has 0 N–H and O–H groups in total. The SMILES string of the molecule is CCN(CC)C(=S)SCC1CN(Cc2ccccc2)C1=O. The Morgan fingerprint density at radius 1 is 1.33 bits per heavy atom. The van der Waals surface area contributed by atoms with Crippen LogP contribution in [0.3, 0.4) is 0 Å². The standard InChI is InChI=1S/C16H22N2OS2/c1-3-17(4-2)16(20)21-12-14-11-18(15(14)19)10-13-8-6-5-7-9-13/h5-9,14H,3-4,10-12H2,1-2H3. The third-order valence-corrected chi connectivity index (χ3v) is 5.43. The Bertz CT molecular complexity index is 488. The molecule has 1 aliphatic rings. The van der Waals surface area contributed by atoms with Crippen molar-refractivity contribution in [2.45, 2.75) is 20.4 Å². The molecule has 1 saturated heterocycles. The van der Waals surface area contributed by atoms with Gasteiger partial charge in [0.1, 0.15) is 4.32 Å². The maximum absolute atomic E-state index is 12.1. The first-order valence-corrected chi connectivity index (χ1v) is 8.79. The molecule has 0 spiro atoms. The number of carbonyl (C=O) groups is 1. The normalized spacial score (nSPS) is 17.5. The van der Waals surface area contributed by atoms with Crippen LogP contribution in [0.25, 0.3) is 0 Å². The number of likely N-dealkylation sites (tertiary alicyclic amines) is 1. The van der Waals surface area contributed by atoms with Gasteiger partial charge in [-0.05, 0) is 19.4 Å². The van der Waals surface area contributed by atoms with Crippen molar-refractivity contribution in [3.05, 3.63) is 35.9 Å². The summed E-state index contributed by atoms with van der Waals surface area (Å²) >= 11 is 7.04. The minimum Gasteiger partial charge on any atom is -0.358 e. The topological polar surface area (TPSA) is 23.6 Å². The lowest BCUT2D eigenvalue weighted by Crippen LogP contribution is -2.53. The molecule has 1 atom stereocenters. The summed E-state index contributed by atoms with van der Waals surface area (Å²) in [5, 5.41) is 0. The molecular weight excluding hydrogens is 300 g/mol. The first-order chi connectivity index (χ1) is 10.2. The molecule has 0 aromatic heterocycles. The number of carbonyl (C=O) groups excluding carboxylic acids is 1. The molecule has 0 saturated carbocycles. The van der Waals surface area contributed by atoms with Gasteiger partial charge in [-0.15, -0.1) is 0 Å². The molecule has 1 aromatic rings. The molecule has 21 heavy (non-hydrogen) atoms. The van der Waals surface area contributed by atoms with E-state index in [-0.39, 0.29) is 11.8 Å². The van der Waals surface area contributed by atoms with E-state index in [1.807, 2.05) is 23.1 Å². The summed E-state index contributed by atoms with van der Waals surface area (Å²) in [5.41, 5.74) is 1.19. The van der Waals surface area contributed by atoms with Gasteiger partial charge < -0.3 is 9.80 Å². The number of hydrogen-bond donors (Lipinski definition) is 0. The Morgan fingerprint density at radius 2 is 2.00 bits per heavy atom. The summed E-state index contributed by atoms with van der Waals surface area (Å²) in [6.07, 6.45) is 0. The molecule has 1 aliphatic heterocycles. The summed E-state index contributed by atoms with van der Waals surface area (Å²) in [4.78, 5) is 16.2. The fourth-order valence-electron chi connectivity index (χ4n) is 2.40. The zero-order valence-electron chi connectivity index (χ0n) is 12.6. The van der Waals surface area contributed by atoms with Crippen LogP contribution in [0.15, 0.2) is 30.3 Å². The van der Waals surface area contributed by atoms with E-state index < -0.39 is 0 Å². The number of benzene rings is 1. The van der Waals surface area contributed by atoms with Crippen molar-refractivity contribution in [3.63, 3.8) is 0 Å². The predicted octanol–water partition coefficient (Wildman–Crippen LogP) is 3.00. The van der Waals surface area contributed by atoms with Gasteiger partial charge in [0.2, 0.25) is 5.91 Å². The number of β-lactam (4-membered cyclic amide) rings is 1. The summed E-state index contributed by atoms with van der Waals surface area (Å²) in [6.45, 7) is 7.64. The highest BCUT2D eigenvalue weighted by Crippen LogP contribution is 2.25. The molecule has 2 rings (SSSR count). The third-order valence-electron chi connectivity index (χ3n) is 3.75.